The maximum absolute atomic E-state index is 13.7. The average Bonchev–Trinajstić information content (AvgIpc) is 2.67. The van der Waals surface area contributed by atoms with Gasteiger partial charge in [0.15, 0.2) is 29.0 Å². The van der Waals surface area contributed by atoms with E-state index in [4.69, 9.17) is 4.74 Å². The van der Waals surface area contributed by atoms with Gasteiger partial charge in [0.05, 0.1) is 12.7 Å². The van der Waals surface area contributed by atoms with Gasteiger partial charge in [0.1, 0.15) is 6.61 Å². The van der Waals surface area contributed by atoms with E-state index in [2.05, 4.69) is 27.2 Å². The third-order valence-electron chi connectivity index (χ3n) is 4.90. The molecule has 2 aliphatic heterocycles. The van der Waals surface area contributed by atoms with Crippen LogP contribution in [0.15, 0.2) is 18.3 Å². The number of likely N-dealkylation sites (tertiary alicyclic amines) is 1. The number of hydrogen-bond donors (Lipinski definition) is 1. The smallest absolute Gasteiger partial charge is 0.225 e. The highest BCUT2D eigenvalue weighted by Gasteiger charge is 2.25. The van der Waals surface area contributed by atoms with Gasteiger partial charge < -0.3 is 19.9 Å². The molecule has 1 N–H and O–H groups in total. The van der Waals surface area contributed by atoms with Crippen LogP contribution in [0.4, 0.5) is 30.6 Å². The first-order valence-electron chi connectivity index (χ1n) is 8.88. The quantitative estimate of drug-likeness (QED) is 0.828. The number of aromatic nitrogens is 2. The maximum atomic E-state index is 13.7. The van der Waals surface area contributed by atoms with Gasteiger partial charge in [-0.1, -0.05) is 0 Å². The fourth-order valence-corrected chi connectivity index (χ4v) is 3.36. The predicted molar refractivity (Wildman–Crippen MR) is 95.0 cm³/mol. The van der Waals surface area contributed by atoms with Crippen molar-refractivity contribution in [2.45, 2.75) is 18.9 Å². The van der Waals surface area contributed by atoms with Crippen LogP contribution in [0.25, 0.3) is 0 Å². The Balaban J connectivity index is 1.61. The fourth-order valence-electron chi connectivity index (χ4n) is 3.36. The van der Waals surface area contributed by atoms with Crippen LogP contribution < -0.4 is 15.0 Å². The molecule has 1 fully saturated rings. The molecule has 0 saturated carbocycles. The molecule has 0 aliphatic carbocycles. The second-order valence-electron chi connectivity index (χ2n) is 6.83. The molecule has 9 heteroatoms. The van der Waals surface area contributed by atoms with Crippen LogP contribution in [0, 0.1) is 17.5 Å². The molecule has 27 heavy (non-hydrogen) atoms. The van der Waals surface area contributed by atoms with Gasteiger partial charge in [-0.3, -0.25) is 0 Å². The monoisotopic (exact) mass is 379 g/mol. The van der Waals surface area contributed by atoms with Crippen molar-refractivity contribution in [3.05, 3.63) is 35.8 Å². The van der Waals surface area contributed by atoms with E-state index in [0.29, 0.717) is 30.7 Å². The van der Waals surface area contributed by atoms with Crippen molar-refractivity contribution in [1.29, 1.82) is 0 Å². The van der Waals surface area contributed by atoms with E-state index in [1.54, 1.807) is 11.1 Å². The van der Waals surface area contributed by atoms with Crippen LogP contribution in [-0.2, 0) is 0 Å². The minimum Gasteiger partial charge on any atom is -0.486 e. The largest absolute Gasteiger partial charge is 0.486 e. The molecule has 0 amide bonds. The summed E-state index contributed by atoms with van der Waals surface area (Å²) in [5.74, 6) is -2.72. The van der Waals surface area contributed by atoms with Crippen LogP contribution >= 0.6 is 0 Å². The molecule has 2 aromatic rings. The average molecular weight is 379 g/mol. The molecule has 0 bridgehead atoms. The van der Waals surface area contributed by atoms with E-state index in [-0.39, 0.29) is 11.7 Å². The Morgan fingerprint density at radius 2 is 1.81 bits per heavy atom. The Hall–Kier alpha value is -2.55. The lowest BCUT2D eigenvalue weighted by molar-refractivity contribution is 0.263. The van der Waals surface area contributed by atoms with Crippen LogP contribution in [0.3, 0.4) is 0 Å². The summed E-state index contributed by atoms with van der Waals surface area (Å²) in [6.45, 7) is 2.62. The highest BCUT2D eigenvalue weighted by Crippen LogP contribution is 2.36. The Morgan fingerprint density at radius 3 is 2.52 bits per heavy atom. The Kier molecular flexibility index (Phi) is 4.77. The minimum atomic E-state index is -1.49. The third-order valence-corrected chi connectivity index (χ3v) is 4.90. The molecule has 0 spiro atoms. The Morgan fingerprint density at radius 1 is 1.11 bits per heavy atom. The number of piperidine rings is 1. The SMILES string of the molecule is CN1CCC(Nc2ncc3c(n2)N(c2cc(F)c(F)c(F)c2)CCO3)CC1. The van der Waals surface area contributed by atoms with E-state index in [1.165, 1.54) is 0 Å². The number of benzene rings is 1. The fraction of sp³-hybridized carbons (Fsp3) is 0.444. The number of anilines is 3. The number of nitrogens with one attached hydrogen (secondary N) is 1. The molecule has 0 unspecified atom stereocenters. The van der Waals surface area contributed by atoms with Crippen molar-refractivity contribution in [2.24, 2.45) is 0 Å². The Bertz CT molecular complexity index is 819. The van der Waals surface area contributed by atoms with Crippen LogP contribution in [0.5, 0.6) is 5.75 Å². The van der Waals surface area contributed by atoms with Gasteiger partial charge in [0.25, 0.3) is 0 Å². The van der Waals surface area contributed by atoms with Crippen molar-refractivity contribution in [3.8, 4) is 5.75 Å². The number of nitrogens with zero attached hydrogens (tertiary/aromatic N) is 4. The van der Waals surface area contributed by atoms with Crippen LogP contribution in [-0.4, -0.2) is 54.2 Å². The molecule has 1 aromatic heterocycles. The van der Waals surface area contributed by atoms with E-state index >= 15 is 0 Å². The minimum absolute atomic E-state index is 0.180. The summed E-state index contributed by atoms with van der Waals surface area (Å²) < 4.78 is 46.2. The van der Waals surface area contributed by atoms with Crippen molar-refractivity contribution in [1.82, 2.24) is 14.9 Å². The molecule has 0 atom stereocenters. The molecular formula is C18H20F3N5O. The molecule has 144 valence electrons. The van der Waals surface area contributed by atoms with Gasteiger partial charge in [-0.2, -0.15) is 4.98 Å². The van der Waals surface area contributed by atoms with Crippen LogP contribution in [0.1, 0.15) is 12.8 Å². The first-order chi connectivity index (χ1) is 13.0. The van der Waals surface area contributed by atoms with E-state index in [0.717, 1.165) is 38.1 Å². The predicted octanol–water partition coefficient (Wildman–Crippen LogP) is 2.93. The van der Waals surface area contributed by atoms with Gasteiger partial charge >= 0.3 is 0 Å². The number of fused-ring (bicyclic) bond motifs is 1. The molecular weight excluding hydrogens is 359 g/mol. The first kappa shape index (κ1) is 17.8. The Labute approximate surface area is 155 Å². The van der Waals surface area contributed by atoms with Crippen molar-refractivity contribution in [2.75, 3.05) is 43.5 Å². The number of halogens is 3. The number of rotatable bonds is 3. The highest BCUT2D eigenvalue weighted by atomic mass is 19.2. The third kappa shape index (κ3) is 3.64. The highest BCUT2D eigenvalue weighted by molar-refractivity contribution is 5.67. The summed E-state index contributed by atoms with van der Waals surface area (Å²) in [5.41, 5.74) is 0.180. The van der Waals surface area contributed by atoms with Gasteiger partial charge in [-0.15, -0.1) is 0 Å². The molecule has 4 rings (SSSR count). The van der Waals surface area contributed by atoms with Gasteiger partial charge in [-0.05, 0) is 33.0 Å². The zero-order valence-corrected chi connectivity index (χ0v) is 14.9. The van der Waals surface area contributed by atoms with Gasteiger partial charge in [-0.25, -0.2) is 18.2 Å². The zero-order chi connectivity index (χ0) is 19.0. The molecule has 2 aliphatic rings. The molecule has 0 radical (unpaired) electrons. The normalized spacial score (nSPS) is 18.1. The van der Waals surface area contributed by atoms with Crippen molar-refractivity contribution < 1.29 is 17.9 Å². The maximum Gasteiger partial charge on any atom is 0.225 e. The van der Waals surface area contributed by atoms with E-state index in [1.807, 2.05) is 0 Å². The zero-order valence-electron chi connectivity index (χ0n) is 14.9. The standard InChI is InChI=1S/C18H20F3N5O/c1-25-4-2-11(3-5-25)23-18-22-10-15-17(24-18)26(6-7-27-15)12-8-13(19)16(21)14(20)9-12/h8-11H,2-7H2,1H3,(H,22,23,24). The molecule has 6 nitrogen and oxygen atoms in total. The van der Waals surface area contributed by atoms with Gasteiger partial charge in [0.2, 0.25) is 5.95 Å². The second-order valence-corrected chi connectivity index (χ2v) is 6.83. The summed E-state index contributed by atoms with van der Waals surface area (Å²) in [4.78, 5) is 12.6. The van der Waals surface area contributed by atoms with Crippen molar-refractivity contribution in [3.63, 3.8) is 0 Å². The summed E-state index contributed by atoms with van der Waals surface area (Å²) in [6, 6.07) is 2.18. The molecule has 3 heterocycles. The van der Waals surface area contributed by atoms with E-state index in [9.17, 15) is 13.2 Å². The van der Waals surface area contributed by atoms with Crippen LogP contribution in [0.2, 0.25) is 0 Å². The lowest BCUT2D eigenvalue weighted by atomic mass is 10.1. The van der Waals surface area contributed by atoms with Crippen molar-refractivity contribution >= 4 is 17.5 Å². The summed E-state index contributed by atoms with van der Waals surface area (Å²) >= 11 is 0. The topological polar surface area (TPSA) is 53.5 Å². The lowest BCUT2D eigenvalue weighted by Gasteiger charge is -2.32. The second kappa shape index (κ2) is 7.22. The lowest BCUT2D eigenvalue weighted by Crippen LogP contribution is -2.37. The summed E-state index contributed by atoms with van der Waals surface area (Å²) in [5, 5.41) is 3.32. The molecule has 1 aromatic carbocycles. The van der Waals surface area contributed by atoms with E-state index < -0.39 is 17.5 Å². The van der Waals surface area contributed by atoms with Gasteiger partial charge in [0, 0.05) is 23.9 Å². The summed E-state index contributed by atoms with van der Waals surface area (Å²) in [6.07, 6.45) is 3.50. The number of hydrogen-bond acceptors (Lipinski definition) is 6. The summed E-state index contributed by atoms with van der Waals surface area (Å²) in [7, 11) is 2.09. The molecule has 1 saturated heterocycles. The number of ether oxygens (including phenoxy) is 1. The first-order valence-corrected chi connectivity index (χ1v) is 8.88.